The second-order valence-electron chi connectivity index (χ2n) is 4.70. The van der Waals surface area contributed by atoms with Crippen molar-refractivity contribution in [1.82, 2.24) is 10.2 Å². The molecule has 1 N–H and O–H groups in total. The Bertz CT molecular complexity index is 407. The summed E-state index contributed by atoms with van der Waals surface area (Å²) in [6, 6.07) is 2.57. The van der Waals surface area contributed by atoms with Crippen LogP contribution in [0.2, 0.25) is 0 Å². The van der Waals surface area contributed by atoms with Gasteiger partial charge in [-0.3, -0.25) is 4.79 Å². The fourth-order valence-corrected chi connectivity index (χ4v) is 3.77. The highest BCUT2D eigenvalue weighted by Gasteiger charge is 2.22. The summed E-state index contributed by atoms with van der Waals surface area (Å²) >= 11 is 5.15. The fraction of sp³-hybridized carbons (Fsp3) is 0.615. The number of hydrogen-bond donors (Lipinski definition) is 1. The van der Waals surface area contributed by atoms with Crippen molar-refractivity contribution in [2.75, 3.05) is 20.1 Å². The molecule has 5 heteroatoms. The van der Waals surface area contributed by atoms with Crippen molar-refractivity contribution in [3.63, 3.8) is 0 Å². The largest absolute Gasteiger partial charge is 0.341 e. The second kappa shape index (κ2) is 6.68. The number of likely N-dealkylation sites (N-methyl/N-ethyl adjacent to an activating group) is 1. The molecule has 1 aliphatic rings. The van der Waals surface area contributed by atoms with E-state index in [0.29, 0.717) is 18.4 Å². The minimum atomic E-state index is 0.291. The van der Waals surface area contributed by atoms with Gasteiger partial charge in [-0.25, -0.2) is 0 Å². The van der Waals surface area contributed by atoms with E-state index in [0.717, 1.165) is 30.4 Å². The first-order valence-electron chi connectivity index (χ1n) is 6.37. The maximum Gasteiger partial charge on any atom is 0.222 e. The van der Waals surface area contributed by atoms with E-state index < -0.39 is 0 Å². The second-order valence-corrected chi connectivity index (χ2v) is 6.61. The third-order valence-corrected chi connectivity index (χ3v) is 5.15. The summed E-state index contributed by atoms with van der Waals surface area (Å²) in [4.78, 5) is 15.4. The zero-order valence-electron chi connectivity index (χ0n) is 10.6. The van der Waals surface area contributed by atoms with Crippen LogP contribution in [0.15, 0.2) is 15.9 Å². The van der Waals surface area contributed by atoms with Crippen molar-refractivity contribution in [2.45, 2.75) is 31.7 Å². The topological polar surface area (TPSA) is 32.3 Å². The average Bonchev–Trinajstić information content (AvgIpc) is 2.82. The third-order valence-electron chi connectivity index (χ3n) is 3.39. The molecular formula is C13H19BrN2OS. The number of aryl methyl sites for hydroxylation is 1. The van der Waals surface area contributed by atoms with Gasteiger partial charge in [0.25, 0.3) is 0 Å². The van der Waals surface area contributed by atoms with Crippen molar-refractivity contribution >= 4 is 33.2 Å². The Kier molecular flexibility index (Phi) is 5.21. The molecule has 0 bridgehead atoms. The Labute approximate surface area is 121 Å². The third kappa shape index (κ3) is 3.80. The fourth-order valence-electron chi connectivity index (χ4n) is 2.31. The van der Waals surface area contributed by atoms with Gasteiger partial charge in [0.05, 0.1) is 0 Å². The molecule has 1 aliphatic heterocycles. The predicted octanol–water partition coefficient (Wildman–Crippen LogP) is 2.65. The number of rotatable bonds is 4. The Hall–Kier alpha value is -0.390. The van der Waals surface area contributed by atoms with E-state index in [4.69, 9.17) is 0 Å². The highest BCUT2D eigenvalue weighted by Crippen LogP contribution is 2.21. The van der Waals surface area contributed by atoms with Gasteiger partial charge in [-0.05, 0) is 48.3 Å². The van der Waals surface area contributed by atoms with Gasteiger partial charge in [0.15, 0.2) is 0 Å². The van der Waals surface area contributed by atoms with Crippen LogP contribution in [0.1, 0.15) is 24.1 Å². The molecule has 100 valence electrons. The molecule has 1 aromatic rings. The Morgan fingerprint density at radius 1 is 1.67 bits per heavy atom. The van der Waals surface area contributed by atoms with Gasteiger partial charge in [-0.1, -0.05) is 0 Å². The maximum atomic E-state index is 12.1. The van der Waals surface area contributed by atoms with Crippen molar-refractivity contribution in [1.29, 1.82) is 0 Å². The van der Waals surface area contributed by atoms with Crippen molar-refractivity contribution in [3.8, 4) is 0 Å². The number of nitrogens with zero attached hydrogens (tertiary/aromatic N) is 1. The number of amides is 1. The minimum absolute atomic E-state index is 0.291. The molecule has 1 atom stereocenters. The summed E-state index contributed by atoms with van der Waals surface area (Å²) in [7, 11) is 1.97. The summed E-state index contributed by atoms with van der Waals surface area (Å²) in [6.07, 6.45) is 3.78. The van der Waals surface area contributed by atoms with E-state index in [9.17, 15) is 4.79 Å². The lowest BCUT2D eigenvalue weighted by atomic mass is 10.1. The lowest BCUT2D eigenvalue weighted by Crippen LogP contribution is -2.47. The molecule has 1 saturated heterocycles. The Balaban J connectivity index is 1.80. The molecule has 1 fully saturated rings. The normalized spacial score (nSPS) is 20.1. The van der Waals surface area contributed by atoms with Gasteiger partial charge in [0.2, 0.25) is 5.91 Å². The molecule has 2 heterocycles. The summed E-state index contributed by atoms with van der Waals surface area (Å²) in [5.41, 5.74) is 0. The van der Waals surface area contributed by atoms with Crippen molar-refractivity contribution in [2.24, 2.45) is 0 Å². The van der Waals surface area contributed by atoms with Gasteiger partial charge in [-0.15, -0.1) is 11.3 Å². The number of piperidine rings is 1. The van der Waals surface area contributed by atoms with E-state index >= 15 is 0 Å². The van der Waals surface area contributed by atoms with E-state index in [1.807, 2.05) is 11.9 Å². The van der Waals surface area contributed by atoms with Crippen LogP contribution >= 0.6 is 27.3 Å². The van der Waals surface area contributed by atoms with Crippen LogP contribution in [0.25, 0.3) is 0 Å². The molecule has 0 spiro atoms. The molecule has 0 radical (unpaired) electrons. The minimum Gasteiger partial charge on any atom is -0.341 e. The lowest BCUT2D eigenvalue weighted by molar-refractivity contribution is -0.132. The van der Waals surface area contributed by atoms with E-state index in [-0.39, 0.29) is 0 Å². The SMILES string of the molecule is CNC1CCCN(C(=O)CCc2cc(Br)cs2)C1. The zero-order valence-corrected chi connectivity index (χ0v) is 13.0. The number of carbonyl (C=O) groups excluding carboxylic acids is 1. The molecule has 1 amide bonds. The Morgan fingerprint density at radius 2 is 2.50 bits per heavy atom. The summed E-state index contributed by atoms with van der Waals surface area (Å²) in [5, 5.41) is 5.34. The summed E-state index contributed by atoms with van der Waals surface area (Å²) in [5.74, 6) is 0.291. The van der Waals surface area contributed by atoms with Crippen LogP contribution in [0.3, 0.4) is 0 Å². The molecule has 1 unspecified atom stereocenters. The number of nitrogens with one attached hydrogen (secondary N) is 1. The first-order chi connectivity index (χ1) is 8.69. The first-order valence-corrected chi connectivity index (χ1v) is 8.04. The van der Waals surface area contributed by atoms with Crippen molar-refractivity contribution in [3.05, 3.63) is 20.8 Å². The number of thiophene rings is 1. The molecule has 0 saturated carbocycles. The molecular weight excluding hydrogens is 312 g/mol. The summed E-state index contributed by atoms with van der Waals surface area (Å²) < 4.78 is 1.11. The van der Waals surface area contributed by atoms with Crippen LogP contribution in [0, 0.1) is 0 Å². The predicted molar refractivity (Wildman–Crippen MR) is 79.0 cm³/mol. The molecule has 1 aromatic heterocycles. The van der Waals surface area contributed by atoms with Gasteiger partial charge in [-0.2, -0.15) is 0 Å². The van der Waals surface area contributed by atoms with Gasteiger partial charge < -0.3 is 10.2 Å². The van der Waals surface area contributed by atoms with E-state index in [2.05, 4.69) is 32.7 Å². The number of halogens is 1. The van der Waals surface area contributed by atoms with Crippen LogP contribution < -0.4 is 5.32 Å². The average molecular weight is 331 g/mol. The number of hydrogen-bond acceptors (Lipinski definition) is 3. The van der Waals surface area contributed by atoms with Crippen LogP contribution in [-0.4, -0.2) is 37.0 Å². The number of carbonyl (C=O) groups is 1. The zero-order chi connectivity index (χ0) is 13.0. The number of likely N-dealkylation sites (tertiary alicyclic amines) is 1. The quantitative estimate of drug-likeness (QED) is 0.920. The van der Waals surface area contributed by atoms with Gasteiger partial charge >= 0.3 is 0 Å². The van der Waals surface area contributed by atoms with E-state index in [1.165, 1.54) is 11.3 Å². The van der Waals surface area contributed by atoms with Gasteiger partial charge in [0, 0.05) is 40.3 Å². The highest BCUT2D eigenvalue weighted by molar-refractivity contribution is 9.10. The van der Waals surface area contributed by atoms with E-state index in [1.54, 1.807) is 11.3 Å². The molecule has 18 heavy (non-hydrogen) atoms. The molecule has 3 nitrogen and oxygen atoms in total. The lowest BCUT2D eigenvalue weighted by Gasteiger charge is -2.32. The smallest absolute Gasteiger partial charge is 0.222 e. The van der Waals surface area contributed by atoms with Crippen molar-refractivity contribution < 1.29 is 4.79 Å². The monoisotopic (exact) mass is 330 g/mol. The summed E-state index contributed by atoms with van der Waals surface area (Å²) in [6.45, 7) is 1.79. The standard InChI is InChI=1S/C13H19BrN2OS/c1-15-11-3-2-6-16(8-11)13(17)5-4-12-7-10(14)9-18-12/h7,9,11,15H,2-6,8H2,1H3. The van der Waals surface area contributed by atoms with Crippen LogP contribution in [-0.2, 0) is 11.2 Å². The first kappa shape index (κ1) is 14.0. The molecule has 0 aliphatic carbocycles. The van der Waals surface area contributed by atoms with Crippen LogP contribution in [0.5, 0.6) is 0 Å². The maximum absolute atomic E-state index is 12.1. The van der Waals surface area contributed by atoms with Crippen LogP contribution in [0.4, 0.5) is 0 Å². The highest BCUT2D eigenvalue weighted by atomic mass is 79.9. The molecule has 0 aromatic carbocycles. The van der Waals surface area contributed by atoms with Gasteiger partial charge in [0.1, 0.15) is 0 Å². The Morgan fingerprint density at radius 3 is 3.17 bits per heavy atom. The molecule has 2 rings (SSSR count).